The molecule has 0 spiro atoms. The Morgan fingerprint density at radius 2 is 0.892 bits per heavy atom. The number of azide groups is 1. The smallest absolute Gasteiger partial charge is 0.417 e. The number of carbonyl (C=O) groups excluding carboxylic acids is 6. The average molecular weight is 1880 g/mol. The molecule has 3 aromatic heterocycles. The SMILES string of the molecule is C#CCOc1ccc2nc(C)sc2c1.COC(=O)[C@@H](Cc1ccc(C(F)(F)F)cc1)N(C(=O)OC(C)(C)C)C(=O)[C@H](Cc1ccc(OCCOS(=O)(=O)c2ccc(C)cc2)cc1)n1cc(COc2ccc3nc(C)sc3c2)nn1.COC(=O)[C@H](Cc1ccc(C(F)(F)F)cc1)N(C(=O)OC(C)(C)C)C(=O)[C@H](Cc1ccc(OCCOS(=O)(=O)c2ccc(C)cc2)cc1)N=[N+]=[N-]. The van der Waals surface area contributed by atoms with E-state index in [2.05, 4.69) is 36.2 Å². The fraction of sp³-hybridized carbons (Fsp3) is 0.333. The van der Waals surface area contributed by atoms with Crippen LogP contribution in [0.25, 0.3) is 30.9 Å². The normalized spacial score (nSPS) is 12.6. The molecule has 11 rings (SSSR count). The summed E-state index contributed by atoms with van der Waals surface area (Å²) in [6.45, 7) is 16.2. The summed E-state index contributed by atoms with van der Waals surface area (Å²) in [5.74, 6) is 0.215. The molecule has 4 amide bonds. The zero-order valence-corrected chi connectivity index (χ0v) is 75.7. The van der Waals surface area contributed by atoms with Gasteiger partial charge in [0.25, 0.3) is 26.1 Å². The number of benzene rings is 8. The highest BCUT2D eigenvalue weighted by Crippen LogP contribution is 2.35. The van der Waals surface area contributed by atoms with Crippen molar-refractivity contribution in [1.29, 1.82) is 0 Å². The summed E-state index contributed by atoms with van der Waals surface area (Å²) >= 11 is 3.16. The summed E-state index contributed by atoms with van der Waals surface area (Å²) in [6, 6.07) is 37.4. The molecule has 40 heteroatoms. The number of amides is 4. The lowest BCUT2D eigenvalue weighted by atomic mass is 10.0. The number of carbonyl (C=O) groups is 6. The highest BCUT2D eigenvalue weighted by Gasteiger charge is 2.45. The second-order valence-corrected chi connectivity index (χ2v) is 36.5. The van der Waals surface area contributed by atoms with Gasteiger partial charge < -0.3 is 37.9 Å². The van der Waals surface area contributed by atoms with Crippen LogP contribution in [0, 0.1) is 40.0 Å². The van der Waals surface area contributed by atoms with Crippen molar-refractivity contribution in [3.63, 3.8) is 0 Å². The number of rotatable bonds is 33. The van der Waals surface area contributed by atoms with Crippen LogP contribution >= 0.6 is 22.7 Å². The van der Waals surface area contributed by atoms with E-state index < -0.39 is 128 Å². The van der Waals surface area contributed by atoms with Crippen molar-refractivity contribution in [3.05, 3.63) is 259 Å². The topological polar surface area (TPSA) is 375 Å². The number of hydrogen-bond donors (Lipinski definition) is 0. The summed E-state index contributed by atoms with van der Waals surface area (Å²) in [7, 11) is -5.95. The van der Waals surface area contributed by atoms with E-state index in [1.807, 2.05) is 58.0 Å². The van der Waals surface area contributed by atoms with E-state index in [1.54, 1.807) is 86.7 Å². The maximum Gasteiger partial charge on any atom is 0.417 e. The van der Waals surface area contributed by atoms with Gasteiger partial charge in [-0.3, -0.25) is 18.0 Å². The first-order chi connectivity index (χ1) is 61.3. The van der Waals surface area contributed by atoms with E-state index in [4.69, 9.17) is 52.7 Å². The summed E-state index contributed by atoms with van der Waals surface area (Å²) in [6.07, 6.45) is -6.45. The zero-order chi connectivity index (χ0) is 95.1. The van der Waals surface area contributed by atoms with Gasteiger partial charge in [-0.15, -0.1) is 34.2 Å². The summed E-state index contributed by atoms with van der Waals surface area (Å²) in [5.41, 5.74) is 10.4. The van der Waals surface area contributed by atoms with Crippen LogP contribution in [0.3, 0.4) is 0 Å². The Morgan fingerprint density at radius 1 is 0.508 bits per heavy atom. The standard InChI is InChI=1S/C45H46F3N5O10S2.C34H37F3N4O9S.C11H9NOS/c1-28-7-18-36(19-8-28)65(57,58)62-22-21-60-34-15-11-31(12-16-34)23-38(52-26-33(50-51-52)27-61-35-17-20-37-40(25-35)64-29(2)49-37)41(54)53(43(56)63-44(3,4)5)39(42(55)59-6)24-30-9-13-32(14-10-30)45(46,47)48;1-22-6-16-27(17-7-22)51(45,46)49-19-18-48-26-14-10-23(11-15-26)20-28(39-40-38)30(42)41(32(44)50-33(2,3)4)29(31(43)47-5)21-24-8-12-25(13-9-24)34(35,36)37;1-3-6-13-9-4-5-10-11(7-9)14-8(2)12-10/h7-20,25-26,38-39H,21-24,27H2,1-6H3;6-17,28-29H,18-21H2,1-5H3;1,4-5,7H,6H2,2H3/t38-,39+;28-,29-;/m00./s1. The van der Waals surface area contributed by atoms with Crippen molar-refractivity contribution in [2.45, 2.75) is 159 Å². The highest BCUT2D eigenvalue weighted by atomic mass is 32.2. The average Bonchev–Trinajstić information content (AvgIpc) is 1.15. The number of methoxy groups -OCH3 is 2. The lowest BCUT2D eigenvalue weighted by Crippen LogP contribution is -2.54. The van der Waals surface area contributed by atoms with Gasteiger partial charge in [-0.2, -0.15) is 43.2 Å². The minimum absolute atomic E-state index is 0.00399. The number of ether oxygens (including phenoxy) is 8. The molecule has 0 N–H and O–H groups in total. The fourth-order valence-corrected chi connectivity index (χ4v) is 15.7. The van der Waals surface area contributed by atoms with Gasteiger partial charge in [0.2, 0.25) is 5.91 Å². The van der Waals surface area contributed by atoms with Crippen LogP contribution in [-0.2, 0) is 111 Å². The number of imide groups is 2. The number of hydrogen-bond acceptors (Lipinski definition) is 27. The third kappa shape index (κ3) is 29.8. The van der Waals surface area contributed by atoms with Crippen LogP contribution in [0.15, 0.2) is 203 Å². The monoisotopic (exact) mass is 1870 g/mol. The summed E-state index contributed by atoms with van der Waals surface area (Å²) in [5, 5.41) is 14.0. The molecule has 0 aliphatic rings. The Labute approximate surface area is 753 Å². The van der Waals surface area contributed by atoms with E-state index >= 15 is 4.79 Å². The number of aromatic nitrogens is 5. The predicted molar refractivity (Wildman–Crippen MR) is 467 cm³/mol. The van der Waals surface area contributed by atoms with Crippen molar-refractivity contribution >= 4 is 99.3 Å². The third-order valence-electron chi connectivity index (χ3n) is 18.4. The molecule has 0 aliphatic carbocycles. The van der Waals surface area contributed by atoms with Crippen LogP contribution in [0.1, 0.15) is 108 Å². The molecule has 130 heavy (non-hydrogen) atoms. The van der Waals surface area contributed by atoms with E-state index in [1.165, 1.54) is 91.5 Å². The molecule has 0 saturated heterocycles. The van der Waals surface area contributed by atoms with Gasteiger partial charge in [-0.1, -0.05) is 100 Å². The Bertz CT molecular complexity index is 6080. The molecule has 4 atom stereocenters. The van der Waals surface area contributed by atoms with Gasteiger partial charge >= 0.3 is 36.5 Å². The summed E-state index contributed by atoms with van der Waals surface area (Å²) in [4.78, 5) is 95.7. The maximum absolute atomic E-state index is 15.0. The molecular formula is C90H92F6N10O20S4. The Kier molecular flexibility index (Phi) is 34.7. The zero-order valence-electron chi connectivity index (χ0n) is 72.4. The van der Waals surface area contributed by atoms with Gasteiger partial charge in [0.15, 0.2) is 0 Å². The van der Waals surface area contributed by atoms with Gasteiger partial charge in [0.05, 0.1) is 71.8 Å². The minimum atomic E-state index is -4.63. The van der Waals surface area contributed by atoms with Crippen molar-refractivity contribution in [3.8, 4) is 35.3 Å². The van der Waals surface area contributed by atoms with Crippen molar-refractivity contribution in [2.24, 2.45) is 5.11 Å². The predicted octanol–water partition coefficient (Wildman–Crippen LogP) is 17.4. The first kappa shape index (κ1) is 101. The third-order valence-corrected chi connectivity index (χ3v) is 23.0. The molecular weight excluding hydrogens is 1780 g/mol. The van der Waals surface area contributed by atoms with Gasteiger partial charge in [0.1, 0.15) is 104 Å². The Hall–Kier alpha value is -13.0. The molecule has 30 nitrogen and oxygen atoms in total. The minimum Gasteiger partial charge on any atom is -0.491 e. The van der Waals surface area contributed by atoms with Gasteiger partial charge in [-0.05, 0) is 213 Å². The second kappa shape index (κ2) is 44.8. The second-order valence-electron chi connectivity index (χ2n) is 30.8. The van der Waals surface area contributed by atoms with E-state index in [0.29, 0.717) is 50.5 Å². The molecule has 0 bridgehead atoms. The molecule has 11 aromatic rings. The first-order valence-electron chi connectivity index (χ1n) is 39.7. The van der Waals surface area contributed by atoms with E-state index in [0.717, 1.165) is 110 Å². The van der Waals surface area contributed by atoms with Crippen molar-refractivity contribution in [2.75, 3.05) is 47.3 Å². The highest BCUT2D eigenvalue weighted by molar-refractivity contribution is 7.87. The number of aryl methyl sites for hydroxylation is 4. The number of esters is 2. The van der Waals surface area contributed by atoms with E-state index in [9.17, 15) is 72.7 Å². The summed E-state index contributed by atoms with van der Waals surface area (Å²) < 4.78 is 187. The number of alkyl halides is 6. The molecule has 3 heterocycles. The van der Waals surface area contributed by atoms with Crippen LogP contribution < -0.4 is 18.9 Å². The van der Waals surface area contributed by atoms with Crippen LogP contribution in [-0.4, -0.2) is 164 Å². The maximum atomic E-state index is 15.0. The lowest BCUT2D eigenvalue weighted by Gasteiger charge is -2.33. The molecule has 0 saturated carbocycles. The first-order valence-corrected chi connectivity index (χ1v) is 44.1. The van der Waals surface area contributed by atoms with Crippen LogP contribution in [0.2, 0.25) is 0 Å². The Balaban J connectivity index is 0.000000259. The van der Waals surface area contributed by atoms with Crippen molar-refractivity contribution < 1.29 is 118 Å². The lowest BCUT2D eigenvalue weighted by molar-refractivity contribution is -0.153. The number of terminal acetylenes is 1. The van der Waals surface area contributed by atoms with Crippen LogP contribution in [0.4, 0.5) is 35.9 Å². The quantitative estimate of drug-likeness (QED) is 0.00424. The molecule has 8 aromatic carbocycles. The van der Waals surface area contributed by atoms with Gasteiger partial charge in [0, 0.05) is 24.2 Å². The molecule has 0 aliphatic heterocycles. The number of thiazole rings is 2. The van der Waals surface area contributed by atoms with E-state index in [-0.39, 0.29) is 66.8 Å². The molecule has 0 unspecified atom stereocenters. The molecule has 0 fully saturated rings. The largest absolute Gasteiger partial charge is 0.491 e. The van der Waals surface area contributed by atoms with Crippen LogP contribution in [0.5, 0.6) is 23.0 Å². The van der Waals surface area contributed by atoms with Crippen molar-refractivity contribution in [1.82, 2.24) is 34.8 Å². The molecule has 0 radical (unpaired) electrons. The number of nitrogens with zero attached hydrogens (tertiary/aromatic N) is 10. The molecule has 688 valence electrons. The number of fused-ring (bicyclic) bond motifs is 2. The fourth-order valence-electron chi connectivity index (χ4n) is 12.2. The number of halogens is 6. The Morgan fingerprint density at radius 3 is 1.28 bits per heavy atom. The van der Waals surface area contributed by atoms with Gasteiger partial charge in [-0.25, -0.2) is 43.6 Å².